The van der Waals surface area contributed by atoms with E-state index in [0.717, 1.165) is 30.2 Å². The molecule has 5 rings (SSSR count). The molecule has 0 spiro atoms. The predicted molar refractivity (Wildman–Crippen MR) is 121 cm³/mol. The molecule has 0 radical (unpaired) electrons. The van der Waals surface area contributed by atoms with Crippen molar-refractivity contribution in [2.45, 2.75) is 76.0 Å². The molecule has 1 aromatic carbocycles. The van der Waals surface area contributed by atoms with Crippen molar-refractivity contribution < 1.29 is 0 Å². The van der Waals surface area contributed by atoms with Gasteiger partial charge in [-0.2, -0.15) is 5.26 Å². The number of rotatable bonds is 7. The maximum atomic E-state index is 8.97. The van der Waals surface area contributed by atoms with Gasteiger partial charge in [-0.15, -0.1) is 0 Å². The minimum Gasteiger partial charge on any atom is -0.286 e. The Bertz CT molecular complexity index is 749. The standard InChI is InChI=1S/C25H34N2Si/c1-28(2,24-9-4-3-5-10-24)19-20(8-6-7-11-26)18-27-25-15-21-12-22(16-25)14-23(13-21)17-25/h3-5,8-10,18,21-23H,6-7,12-17,19H2,1-2H3/b20-8+,27-18?. The zero-order valence-electron chi connectivity index (χ0n) is 17.5. The van der Waals surface area contributed by atoms with Crippen LogP contribution < -0.4 is 5.19 Å². The third-order valence-corrected chi connectivity index (χ3v) is 10.6. The Morgan fingerprint density at radius 3 is 2.29 bits per heavy atom. The summed E-state index contributed by atoms with van der Waals surface area (Å²) >= 11 is 0. The van der Waals surface area contributed by atoms with Crippen molar-refractivity contribution in [1.82, 2.24) is 0 Å². The molecule has 0 aromatic heterocycles. The van der Waals surface area contributed by atoms with E-state index in [9.17, 15) is 0 Å². The van der Waals surface area contributed by atoms with E-state index < -0.39 is 8.07 Å². The van der Waals surface area contributed by atoms with Gasteiger partial charge in [0.15, 0.2) is 0 Å². The summed E-state index contributed by atoms with van der Waals surface area (Å²) in [5.74, 6) is 2.80. The van der Waals surface area contributed by atoms with Gasteiger partial charge in [0.2, 0.25) is 0 Å². The second-order valence-corrected chi connectivity index (χ2v) is 15.0. The fraction of sp³-hybridized carbons (Fsp3) is 0.600. The third-order valence-electron chi connectivity index (χ3n) is 7.37. The lowest BCUT2D eigenvalue weighted by atomic mass is 9.53. The van der Waals surface area contributed by atoms with E-state index >= 15 is 0 Å². The van der Waals surface area contributed by atoms with Gasteiger partial charge in [0.25, 0.3) is 0 Å². The molecule has 4 fully saturated rings. The summed E-state index contributed by atoms with van der Waals surface area (Å²) < 4.78 is 0. The predicted octanol–water partition coefficient (Wildman–Crippen LogP) is 5.87. The lowest BCUT2D eigenvalue weighted by Gasteiger charge is -2.55. The van der Waals surface area contributed by atoms with E-state index in [1.165, 1.54) is 49.3 Å². The molecule has 0 saturated heterocycles. The molecule has 4 bridgehead atoms. The van der Waals surface area contributed by atoms with Gasteiger partial charge in [-0.05, 0) is 74.3 Å². The number of hydrogen-bond acceptors (Lipinski definition) is 2. The largest absolute Gasteiger partial charge is 0.286 e. The van der Waals surface area contributed by atoms with Gasteiger partial charge >= 0.3 is 0 Å². The number of nitriles is 1. The van der Waals surface area contributed by atoms with E-state index in [4.69, 9.17) is 10.3 Å². The van der Waals surface area contributed by atoms with E-state index in [0.29, 0.717) is 6.42 Å². The van der Waals surface area contributed by atoms with Gasteiger partial charge in [0.1, 0.15) is 0 Å². The first-order chi connectivity index (χ1) is 13.5. The van der Waals surface area contributed by atoms with Crippen LogP contribution in [0.3, 0.4) is 0 Å². The molecule has 3 heteroatoms. The van der Waals surface area contributed by atoms with E-state index in [-0.39, 0.29) is 5.54 Å². The van der Waals surface area contributed by atoms with Crippen molar-refractivity contribution >= 4 is 19.5 Å². The summed E-state index contributed by atoms with van der Waals surface area (Å²) in [7, 11) is -1.57. The quantitative estimate of drug-likeness (QED) is 0.326. The number of aliphatic imine (C=N–C) groups is 1. The Kier molecular flexibility index (Phi) is 5.61. The average molecular weight is 391 g/mol. The Morgan fingerprint density at radius 1 is 1.11 bits per heavy atom. The molecule has 148 valence electrons. The maximum absolute atomic E-state index is 8.97. The normalized spacial score (nSPS) is 32.0. The lowest BCUT2D eigenvalue weighted by molar-refractivity contribution is 0.00194. The van der Waals surface area contributed by atoms with Crippen molar-refractivity contribution in [2.24, 2.45) is 22.7 Å². The zero-order valence-corrected chi connectivity index (χ0v) is 18.5. The summed E-state index contributed by atoms with van der Waals surface area (Å²) in [6, 6.07) is 14.4. The molecule has 0 amide bonds. The molecule has 4 aliphatic rings. The van der Waals surface area contributed by atoms with Gasteiger partial charge in [0.05, 0.1) is 19.7 Å². The first-order valence-electron chi connectivity index (χ1n) is 11.1. The molecule has 2 nitrogen and oxygen atoms in total. The van der Waals surface area contributed by atoms with E-state index in [2.05, 4.69) is 61.8 Å². The Morgan fingerprint density at radius 2 is 1.71 bits per heavy atom. The van der Waals surface area contributed by atoms with Crippen molar-refractivity contribution in [2.75, 3.05) is 0 Å². The van der Waals surface area contributed by atoms with Crippen LogP contribution in [0.4, 0.5) is 0 Å². The van der Waals surface area contributed by atoms with Gasteiger partial charge in [-0.3, -0.25) is 4.99 Å². The second kappa shape index (κ2) is 7.99. The lowest BCUT2D eigenvalue weighted by Crippen LogP contribution is -2.49. The Hall–Kier alpha value is -1.66. The van der Waals surface area contributed by atoms with Crippen LogP contribution in [0.25, 0.3) is 0 Å². The summed E-state index contributed by atoms with van der Waals surface area (Å²) in [6.45, 7) is 4.91. The minimum atomic E-state index is -1.57. The number of nitrogens with zero attached hydrogens (tertiary/aromatic N) is 2. The zero-order chi connectivity index (χ0) is 19.6. The van der Waals surface area contributed by atoms with Crippen molar-refractivity contribution in [3.63, 3.8) is 0 Å². The van der Waals surface area contributed by atoms with E-state index in [1.807, 2.05) is 0 Å². The van der Waals surface area contributed by atoms with Crippen LogP contribution in [0.15, 0.2) is 47.0 Å². The summed E-state index contributed by atoms with van der Waals surface area (Å²) in [5, 5.41) is 10.5. The SMILES string of the molecule is C[Si](C)(C/C(C=NC12CC3CC(CC(C3)C1)C2)=C/CCC#N)c1ccccc1. The van der Waals surface area contributed by atoms with Crippen LogP contribution in [0.2, 0.25) is 19.1 Å². The monoisotopic (exact) mass is 390 g/mol. The van der Waals surface area contributed by atoms with Crippen LogP contribution in [0, 0.1) is 29.1 Å². The third kappa shape index (κ3) is 4.33. The van der Waals surface area contributed by atoms with Crippen molar-refractivity contribution in [3.05, 3.63) is 42.0 Å². The maximum Gasteiger partial charge on any atom is 0.0849 e. The molecule has 0 atom stereocenters. The molecule has 1 aromatic rings. The highest BCUT2D eigenvalue weighted by Crippen LogP contribution is 2.57. The van der Waals surface area contributed by atoms with Crippen LogP contribution in [-0.2, 0) is 0 Å². The molecule has 4 saturated carbocycles. The summed E-state index contributed by atoms with van der Waals surface area (Å²) in [4.78, 5) is 5.32. The topological polar surface area (TPSA) is 36.1 Å². The smallest absolute Gasteiger partial charge is 0.0849 e. The molecular formula is C25H34N2Si. The number of hydrogen-bond donors (Lipinski definition) is 0. The van der Waals surface area contributed by atoms with Crippen molar-refractivity contribution in [3.8, 4) is 6.07 Å². The second-order valence-electron chi connectivity index (χ2n) is 10.3. The molecule has 28 heavy (non-hydrogen) atoms. The van der Waals surface area contributed by atoms with Crippen LogP contribution in [0.1, 0.15) is 51.4 Å². The van der Waals surface area contributed by atoms with E-state index in [1.54, 1.807) is 0 Å². The summed E-state index contributed by atoms with van der Waals surface area (Å²) in [6.07, 6.45) is 14.3. The Balaban J connectivity index is 1.53. The first-order valence-corrected chi connectivity index (χ1v) is 14.4. The van der Waals surface area contributed by atoms with Crippen LogP contribution in [-0.4, -0.2) is 19.8 Å². The molecule has 0 heterocycles. The molecule has 0 unspecified atom stereocenters. The average Bonchev–Trinajstić information content (AvgIpc) is 2.66. The molecule has 0 aliphatic heterocycles. The first kappa shape index (κ1) is 19.6. The van der Waals surface area contributed by atoms with Crippen molar-refractivity contribution in [1.29, 1.82) is 5.26 Å². The van der Waals surface area contributed by atoms with Gasteiger partial charge in [-0.1, -0.05) is 54.7 Å². The molecular weight excluding hydrogens is 356 g/mol. The highest BCUT2D eigenvalue weighted by Gasteiger charge is 2.50. The minimum absolute atomic E-state index is 0.238. The fourth-order valence-corrected chi connectivity index (χ4v) is 8.99. The van der Waals surface area contributed by atoms with Gasteiger partial charge in [0, 0.05) is 12.6 Å². The number of unbranched alkanes of at least 4 members (excludes halogenated alkanes) is 1. The fourth-order valence-electron chi connectivity index (χ4n) is 6.44. The highest BCUT2D eigenvalue weighted by atomic mass is 28.3. The summed E-state index contributed by atoms with van der Waals surface area (Å²) in [5.41, 5.74) is 1.60. The number of allylic oxidation sites excluding steroid dienone is 2. The van der Waals surface area contributed by atoms with Gasteiger partial charge < -0.3 is 0 Å². The Labute approximate surface area is 171 Å². The van der Waals surface area contributed by atoms with Gasteiger partial charge in [-0.25, -0.2) is 0 Å². The highest BCUT2D eigenvalue weighted by molar-refractivity contribution is 6.90. The van der Waals surface area contributed by atoms with Crippen LogP contribution >= 0.6 is 0 Å². The number of benzene rings is 1. The van der Waals surface area contributed by atoms with Crippen LogP contribution in [0.5, 0.6) is 0 Å². The molecule has 0 N–H and O–H groups in total. The molecule has 4 aliphatic carbocycles.